The van der Waals surface area contributed by atoms with Crippen molar-refractivity contribution < 1.29 is 10.2 Å². The monoisotopic (exact) mass is 221 g/mol. The number of rotatable bonds is 3. The summed E-state index contributed by atoms with van der Waals surface area (Å²) in [5.41, 5.74) is 1.29. The van der Waals surface area contributed by atoms with Crippen molar-refractivity contribution in [1.29, 1.82) is 0 Å². The maximum atomic E-state index is 9.67. The van der Waals surface area contributed by atoms with Gasteiger partial charge in [-0.25, -0.2) is 0 Å². The number of likely N-dealkylation sites (tertiary alicyclic amines) is 1. The zero-order chi connectivity index (χ0) is 11.4. The van der Waals surface area contributed by atoms with Gasteiger partial charge in [0.05, 0.1) is 6.10 Å². The minimum atomic E-state index is -0.336. The van der Waals surface area contributed by atoms with E-state index in [9.17, 15) is 5.11 Å². The number of hydrogen-bond donors (Lipinski definition) is 2. The van der Waals surface area contributed by atoms with Crippen LogP contribution in [0.25, 0.3) is 0 Å². The van der Waals surface area contributed by atoms with E-state index in [1.807, 2.05) is 18.2 Å². The first kappa shape index (κ1) is 11.6. The fourth-order valence-corrected chi connectivity index (χ4v) is 2.26. The molecule has 16 heavy (non-hydrogen) atoms. The van der Waals surface area contributed by atoms with E-state index < -0.39 is 0 Å². The standard InChI is InChI=1S/C13H19NO2/c15-10-12-9-14(7-6-13(12)16)8-11-4-2-1-3-5-11/h1-5,12-13,15-16H,6-10H2. The quantitative estimate of drug-likeness (QED) is 0.795. The average molecular weight is 221 g/mol. The minimum Gasteiger partial charge on any atom is -0.396 e. The average Bonchev–Trinajstić information content (AvgIpc) is 2.33. The van der Waals surface area contributed by atoms with Crippen LogP contribution in [0.4, 0.5) is 0 Å². The van der Waals surface area contributed by atoms with Crippen molar-refractivity contribution in [3.63, 3.8) is 0 Å². The van der Waals surface area contributed by atoms with E-state index >= 15 is 0 Å². The SMILES string of the molecule is OCC1CN(Cc2ccccc2)CCC1O. The second-order valence-electron chi connectivity index (χ2n) is 4.52. The third-order valence-corrected chi connectivity index (χ3v) is 3.26. The predicted octanol–water partition coefficient (Wildman–Crippen LogP) is 0.862. The molecule has 0 amide bonds. The number of nitrogens with zero attached hydrogens (tertiary/aromatic N) is 1. The lowest BCUT2D eigenvalue weighted by molar-refractivity contribution is -0.00200. The molecule has 0 saturated carbocycles. The largest absolute Gasteiger partial charge is 0.396 e. The Balaban J connectivity index is 1.92. The second kappa shape index (κ2) is 5.43. The van der Waals surface area contributed by atoms with E-state index in [0.717, 1.165) is 26.1 Å². The lowest BCUT2D eigenvalue weighted by atomic mass is 9.95. The third-order valence-electron chi connectivity index (χ3n) is 3.26. The van der Waals surface area contributed by atoms with Crippen molar-refractivity contribution in [2.75, 3.05) is 19.7 Å². The van der Waals surface area contributed by atoms with Crippen molar-refractivity contribution >= 4 is 0 Å². The van der Waals surface area contributed by atoms with Crippen LogP contribution in [0.15, 0.2) is 30.3 Å². The summed E-state index contributed by atoms with van der Waals surface area (Å²) >= 11 is 0. The van der Waals surface area contributed by atoms with Gasteiger partial charge in [-0.2, -0.15) is 0 Å². The summed E-state index contributed by atoms with van der Waals surface area (Å²) in [6.45, 7) is 2.68. The third kappa shape index (κ3) is 2.82. The van der Waals surface area contributed by atoms with Gasteiger partial charge in [-0.1, -0.05) is 30.3 Å². The maximum absolute atomic E-state index is 9.67. The van der Waals surface area contributed by atoms with Gasteiger partial charge in [0.25, 0.3) is 0 Å². The highest BCUT2D eigenvalue weighted by molar-refractivity contribution is 5.14. The number of hydrogen-bond acceptors (Lipinski definition) is 3. The molecule has 1 heterocycles. The maximum Gasteiger partial charge on any atom is 0.0614 e. The summed E-state index contributed by atoms with van der Waals surface area (Å²) in [5.74, 6) is 0.0115. The van der Waals surface area contributed by atoms with E-state index in [1.54, 1.807) is 0 Å². The van der Waals surface area contributed by atoms with E-state index in [4.69, 9.17) is 5.11 Å². The minimum absolute atomic E-state index is 0.0115. The molecule has 2 atom stereocenters. The molecule has 1 aromatic carbocycles. The second-order valence-corrected chi connectivity index (χ2v) is 4.52. The topological polar surface area (TPSA) is 43.7 Å². The number of aliphatic hydroxyl groups is 2. The molecule has 88 valence electrons. The number of aliphatic hydroxyl groups excluding tert-OH is 2. The Morgan fingerprint density at radius 3 is 2.69 bits per heavy atom. The molecule has 3 nitrogen and oxygen atoms in total. The molecule has 2 N–H and O–H groups in total. The van der Waals surface area contributed by atoms with Crippen molar-refractivity contribution in [2.24, 2.45) is 5.92 Å². The van der Waals surface area contributed by atoms with Gasteiger partial charge in [0.2, 0.25) is 0 Å². The summed E-state index contributed by atoms with van der Waals surface area (Å²) in [4.78, 5) is 2.29. The molecule has 3 heteroatoms. The van der Waals surface area contributed by atoms with Crippen LogP contribution in [-0.4, -0.2) is 40.9 Å². The zero-order valence-corrected chi connectivity index (χ0v) is 9.42. The van der Waals surface area contributed by atoms with Gasteiger partial charge in [0, 0.05) is 32.2 Å². The van der Waals surface area contributed by atoms with Gasteiger partial charge in [-0.05, 0) is 12.0 Å². The molecule has 0 spiro atoms. The van der Waals surface area contributed by atoms with Gasteiger partial charge in [0.15, 0.2) is 0 Å². The fraction of sp³-hybridized carbons (Fsp3) is 0.538. The molecule has 1 saturated heterocycles. The van der Waals surface area contributed by atoms with E-state index in [0.29, 0.717) is 0 Å². The smallest absolute Gasteiger partial charge is 0.0614 e. The normalized spacial score (nSPS) is 26.9. The van der Waals surface area contributed by atoms with Crippen LogP contribution in [0.5, 0.6) is 0 Å². The van der Waals surface area contributed by atoms with Gasteiger partial charge in [-0.15, -0.1) is 0 Å². The first-order chi connectivity index (χ1) is 7.79. The first-order valence-electron chi connectivity index (χ1n) is 5.85. The van der Waals surface area contributed by atoms with Crippen LogP contribution in [-0.2, 0) is 6.54 Å². The fourth-order valence-electron chi connectivity index (χ4n) is 2.26. The predicted molar refractivity (Wildman–Crippen MR) is 62.9 cm³/mol. The molecule has 0 aromatic heterocycles. The lowest BCUT2D eigenvalue weighted by Gasteiger charge is -2.35. The van der Waals surface area contributed by atoms with Gasteiger partial charge < -0.3 is 10.2 Å². The molecule has 1 aliphatic rings. The molecule has 1 aromatic rings. The summed E-state index contributed by atoms with van der Waals surface area (Å²) < 4.78 is 0. The lowest BCUT2D eigenvalue weighted by Crippen LogP contribution is -2.44. The Morgan fingerprint density at radius 2 is 2.00 bits per heavy atom. The molecule has 1 aliphatic heterocycles. The highest BCUT2D eigenvalue weighted by atomic mass is 16.3. The highest BCUT2D eigenvalue weighted by Crippen LogP contribution is 2.18. The molecule has 2 unspecified atom stereocenters. The molecule has 0 aliphatic carbocycles. The zero-order valence-electron chi connectivity index (χ0n) is 9.42. The summed E-state index contributed by atoms with van der Waals surface area (Å²) in [6.07, 6.45) is 0.426. The number of piperidine rings is 1. The van der Waals surface area contributed by atoms with Crippen LogP contribution in [0.1, 0.15) is 12.0 Å². The van der Waals surface area contributed by atoms with Crippen LogP contribution < -0.4 is 0 Å². The van der Waals surface area contributed by atoms with E-state index in [1.165, 1.54) is 5.56 Å². The Kier molecular flexibility index (Phi) is 3.93. The molecule has 2 rings (SSSR count). The highest BCUT2D eigenvalue weighted by Gasteiger charge is 2.26. The molecule has 1 fully saturated rings. The van der Waals surface area contributed by atoms with Crippen LogP contribution in [0, 0.1) is 5.92 Å². The van der Waals surface area contributed by atoms with Crippen molar-refractivity contribution in [1.82, 2.24) is 4.90 Å². The Hall–Kier alpha value is -0.900. The Labute approximate surface area is 96.3 Å². The van der Waals surface area contributed by atoms with E-state index in [2.05, 4.69) is 17.0 Å². The first-order valence-corrected chi connectivity index (χ1v) is 5.85. The van der Waals surface area contributed by atoms with Gasteiger partial charge in [-0.3, -0.25) is 4.90 Å². The molecular formula is C13H19NO2. The molecule has 0 bridgehead atoms. The van der Waals surface area contributed by atoms with Crippen molar-refractivity contribution in [3.05, 3.63) is 35.9 Å². The Bertz CT molecular complexity index is 315. The van der Waals surface area contributed by atoms with E-state index in [-0.39, 0.29) is 18.6 Å². The summed E-state index contributed by atoms with van der Waals surface area (Å²) in [6, 6.07) is 10.3. The van der Waals surface area contributed by atoms with Gasteiger partial charge in [0.1, 0.15) is 0 Å². The van der Waals surface area contributed by atoms with Crippen molar-refractivity contribution in [2.45, 2.75) is 19.1 Å². The van der Waals surface area contributed by atoms with Crippen molar-refractivity contribution in [3.8, 4) is 0 Å². The molecule has 0 radical (unpaired) electrons. The number of benzene rings is 1. The van der Waals surface area contributed by atoms with Gasteiger partial charge >= 0.3 is 0 Å². The van der Waals surface area contributed by atoms with Crippen LogP contribution in [0.3, 0.4) is 0 Å². The van der Waals surface area contributed by atoms with Crippen LogP contribution in [0.2, 0.25) is 0 Å². The summed E-state index contributed by atoms with van der Waals surface area (Å²) in [5, 5.41) is 18.8. The summed E-state index contributed by atoms with van der Waals surface area (Å²) in [7, 11) is 0. The molecular weight excluding hydrogens is 202 g/mol. The van der Waals surface area contributed by atoms with Crippen LogP contribution >= 0.6 is 0 Å². The Morgan fingerprint density at radius 1 is 1.25 bits per heavy atom.